The van der Waals surface area contributed by atoms with Crippen LogP contribution >= 0.6 is 0 Å². The summed E-state index contributed by atoms with van der Waals surface area (Å²) in [4.78, 5) is 13.5. The molecule has 0 spiro atoms. The molecule has 0 aromatic carbocycles. The lowest BCUT2D eigenvalue weighted by Gasteiger charge is -2.32. The summed E-state index contributed by atoms with van der Waals surface area (Å²) in [7, 11) is 0. The van der Waals surface area contributed by atoms with Gasteiger partial charge in [0, 0.05) is 32.1 Å². The molecule has 0 aromatic heterocycles. The van der Waals surface area contributed by atoms with Crippen molar-refractivity contribution in [1.29, 1.82) is 0 Å². The zero-order valence-electron chi connectivity index (χ0n) is 11.6. The number of piperidine rings is 1. The molecule has 2 aliphatic rings. The second-order valence-electron chi connectivity index (χ2n) is 5.75. The minimum atomic E-state index is 0.112. The highest BCUT2D eigenvalue weighted by atomic mass is 16.1. The second kappa shape index (κ2) is 7.10. The molecule has 0 radical (unpaired) electrons. The number of amides is 1. The number of rotatable bonds is 5. The number of hydrogen-bond acceptors (Lipinski definition) is 3. The monoisotopic (exact) mass is 253 g/mol. The van der Waals surface area contributed by atoms with Crippen molar-refractivity contribution < 1.29 is 4.79 Å². The molecule has 4 nitrogen and oxygen atoms in total. The molecule has 1 atom stereocenters. The van der Waals surface area contributed by atoms with Gasteiger partial charge in [0.25, 0.3) is 0 Å². The van der Waals surface area contributed by atoms with E-state index in [0.717, 1.165) is 32.0 Å². The van der Waals surface area contributed by atoms with Gasteiger partial charge >= 0.3 is 0 Å². The minimum absolute atomic E-state index is 0.112. The van der Waals surface area contributed by atoms with Crippen molar-refractivity contribution in [3.8, 4) is 0 Å². The number of nitrogens with one attached hydrogen (secondary N) is 2. The highest BCUT2D eigenvalue weighted by molar-refractivity contribution is 5.73. The molecule has 2 aliphatic heterocycles. The predicted molar refractivity (Wildman–Crippen MR) is 73.5 cm³/mol. The highest BCUT2D eigenvalue weighted by Crippen LogP contribution is 2.14. The van der Waals surface area contributed by atoms with Crippen LogP contribution in [-0.4, -0.2) is 49.1 Å². The lowest BCUT2D eigenvalue weighted by atomic mass is 10.0. The molecule has 4 heteroatoms. The third kappa shape index (κ3) is 4.58. The Balaban J connectivity index is 1.54. The molecule has 2 fully saturated rings. The van der Waals surface area contributed by atoms with Crippen molar-refractivity contribution in [2.75, 3.05) is 26.2 Å². The van der Waals surface area contributed by atoms with Gasteiger partial charge < -0.3 is 15.5 Å². The average Bonchev–Trinajstić information content (AvgIpc) is 2.84. The summed E-state index contributed by atoms with van der Waals surface area (Å²) >= 11 is 0. The zero-order chi connectivity index (χ0) is 12.8. The lowest BCUT2D eigenvalue weighted by Crippen LogP contribution is -2.44. The number of hydrogen-bond donors (Lipinski definition) is 2. The molecular formula is C14H27N3O. The van der Waals surface area contributed by atoms with E-state index in [1.54, 1.807) is 6.92 Å². The van der Waals surface area contributed by atoms with Crippen LogP contribution in [0.1, 0.15) is 45.4 Å². The first-order valence-corrected chi connectivity index (χ1v) is 7.47. The minimum Gasteiger partial charge on any atom is -0.354 e. The molecule has 104 valence electrons. The van der Waals surface area contributed by atoms with Gasteiger partial charge in [-0.3, -0.25) is 4.79 Å². The Labute approximate surface area is 110 Å². The van der Waals surface area contributed by atoms with Crippen LogP contribution < -0.4 is 10.6 Å². The normalized spacial score (nSPS) is 26.4. The Bertz CT molecular complexity index is 256. The van der Waals surface area contributed by atoms with E-state index < -0.39 is 0 Å². The lowest BCUT2D eigenvalue weighted by molar-refractivity contribution is -0.119. The van der Waals surface area contributed by atoms with Crippen LogP contribution in [0, 0.1) is 0 Å². The maximum Gasteiger partial charge on any atom is 0.217 e. The molecule has 2 saturated heterocycles. The third-order valence-electron chi connectivity index (χ3n) is 4.18. The summed E-state index contributed by atoms with van der Waals surface area (Å²) in [5.41, 5.74) is 0. The van der Waals surface area contributed by atoms with Gasteiger partial charge in [0.2, 0.25) is 5.91 Å². The van der Waals surface area contributed by atoms with Crippen molar-refractivity contribution in [2.24, 2.45) is 0 Å². The van der Waals surface area contributed by atoms with E-state index >= 15 is 0 Å². The first-order valence-electron chi connectivity index (χ1n) is 7.47. The van der Waals surface area contributed by atoms with Gasteiger partial charge in [0.05, 0.1) is 0 Å². The first-order chi connectivity index (χ1) is 8.74. The van der Waals surface area contributed by atoms with Crippen LogP contribution in [-0.2, 0) is 4.79 Å². The zero-order valence-corrected chi connectivity index (χ0v) is 11.6. The average molecular weight is 253 g/mol. The van der Waals surface area contributed by atoms with E-state index in [-0.39, 0.29) is 5.91 Å². The number of carbonyl (C=O) groups is 1. The van der Waals surface area contributed by atoms with Gasteiger partial charge in [-0.15, -0.1) is 0 Å². The smallest absolute Gasteiger partial charge is 0.217 e. The summed E-state index contributed by atoms with van der Waals surface area (Å²) in [5.74, 6) is 0.112. The molecular weight excluding hydrogens is 226 g/mol. The Hall–Kier alpha value is -0.610. The second-order valence-corrected chi connectivity index (χ2v) is 5.75. The fraction of sp³-hybridized carbons (Fsp3) is 0.929. The number of likely N-dealkylation sites (tertiary alicyclic amines) is 1. The number of nitrogens with zero attached hydrogens (tertiary/aromatic N) is 1. The highest BCUT2D eigenvalue weighted by Gasteiger charge is 2.20. The van der Waals surface area contributed by atoms with E-state index in [9.17, 15) is 4.79 Å². The van der Waals surface area contributed by atoms with Crippen LogP contribution in [0.3, 0.4) is 0 Å². The third-order valence-corrected chi connectivity index (χ3v) is 4.18. The largest absolute Gasteiger partial charge is 0.354 e. The van der Waals surface area contributed by atoms with Gasteiger partial charge in [-0.25, -0.2) is 0 Å². The van der Waals surface area contributed by atoms with Gasteiger partial charge in [0.15, 0.2) is 0 Å². The van der Waals surface area contributed by atoms with Gasteiger partial charge in [0.1, 0.15) is 0 Å². The van der Waals surface area contributed by atoms with Crippen molar-refractivity contribution >= 4 is 5.91 Å². The van der Waals surface area contributed by atoms with E-state index in [4.69, 9.17) is 0 Å². The fourth-order valence-electron chi connectivity index (χ4n) is 3.15. The van der Waals surface area contributed by atoms with Crippen molar-refractivity contribution in [1.82, 2.24) is 15.5 Å². The molecule has 1 amide bonds. The molecule has 2 N–H and O–H groups in total. The van der Waals surface area contributed by atoms with Gasteiger partial charge in [-0.2, -0.15) is 0 Å². The first kappa shape index (κ1) is 13.8. The quantitative estimate of drug-likeness (QED) is 0.772. The topological polar surface area (TPSA) is 44.4 Å². The summed E-state index contributed by atoms with van der Waals surface area (Å²) in [5, 5.41) is 6.58. The predicted octanol–water partition coefficient (Wildman–Crippen LogP) is 1.12. The number of carbonyl (C=O) groups excluding carboxylic acids is 1. The van der Waals surface area contributed by atoms with Gasteiger partial charge in [-0.1, -0.05) is 0 Å². The SMILES string of the molecule is CC(=O)NC1CCN(CCCC2CCCN2)CC1. The fourth-order valence-corrected chi connectivity index (χ4v) is 3.15. The van der Waals surface area contributed by atoms with E-state index in [2.05, 4.69) is 15.5 Å². The van der Waals surface area contributed by atoms with Gasteiger partial charge in [-0.05, 0) is 51.6 Å². The summed E-state index contributed by atoms with van der Waals surface area (Å²) in [6.07, 6.45) is 7.58. The van der Waals surface area contributed by atoms with E-state index in [1.807, 2.05) is 0 Å². The Kier molecular flexibility index (Phi) is 5.45. The molecule has 0 aromatic rings. The van der Waals surface area contributed by atoms with Crippen LogP contribution in [0.5, 0.6) is 0 Å². The molecule has 18 heavy (non-hydrogen) atoms. The molecule has 0 aliphatic carbocycles. The van der Waals surface area contributed by atoms with Crippen LogP contribution in [0.15, 0.2) is 0 Å². The molecule has 1 unspecified atom stereocenters. The summed E-state index contributed by atoms with van der Waals surface area (Å²) in [6.45, 7) is 6.34. The van der Waals surface area contributed by atoms with Crippen LogP contribution in [0.25, 0.3) is 0 Å². The van der Waals surface area contributed by atoms with Crippen molar-refractivity contribution in [3.63, 3.8) is 0 Å². The van der Waals surface area contributed by atoms with Crippen LogP contribution in [0.4, 0.5) is 0 Å². The molecule has 0 bridgehead atoms. The Morgan fingerprint density at radius 2 is 2.11 bits per heavy atom. The molecule has 0 saturated carbocycles. The molecule has 2 rings (SSSR count). The molecule has 2 heterocycles. The maximum atomic E-state index is 11.0. The van der Waals surface area contributed by atoms with Crippen molar-refractivity contribution in [2.45, 2.75) is 57.5 Å². The van der Waals surface area contributed by atoms with Crippen LogP contribution in [0.2, 0.25) is 0 Å². The Morgan fingerprint density at radius 3 is 2.72 bits per heavy atom. The summed E-state index contributed by atoms with van der Waals surface area (Å²) < 4.78 is 0. The van der Waals surface area contributed by atoms with E-state index in [1.165, 1.54) is 38.8 Å². The maximum absolute atomic E-state index is 11.0. The van der Waals surface area contributed by atoms with Crippen molar-refractivity contribution in [3.05, 3.63) is 0 Å². The summed E-state index contributed by atoms with van der Waals surface area (Å²) in [6, 6.07) is 1.19. The standard InChI is InChI=1S/C14H27N3O/c1-12(18)16-14-6-10-17(11-7-14)9-3-5-13-4-2-8-15-13/h13-15H,2-11H2,1H3,(H,16,18). The Morgan fingerprint density at radius 1 is 1.33 bits per heavy atom. The van der Waals surface area contributed by atoms with E-state index in [0.29, 0.717) is 6.04 Å².